The van der Waals surface area contributed by atoms with Crippen LogP contribution in [0.25, 0.3) is 0 Å². The number of hydrazine groups is 1. The Labute approximate surface area is 120 Å². The van der Waals surface area contributed by atoms with Gasteiger partial charge in [0.05, 0.1) is 5.56 Å². The van der Waals surface area contributed by atoms with E-state index < -0.39 is 11.7 Å². The zero-order valence-electron chi connectivity index (χ0n) is 11.3. The third kappa shape index (κ3) is 3.32. The molecule has 0 aliphatic carbocycles. The lowest BCUT2D eigenvalue weighted by atomic mass is 10.2. The number of rotatable bonds is 4. The minimum Gasteiger partial charge on any atom is -0.337 e. The van der Waals surface area contributed by atoms with Gasteiger partial charge in [-0.25, -0.2) is 19.6 Å². The first-order chi connectivity index (χ1) is 10.0. The molecule has 1 aromatic carbocycles. The maximum atomic E-state index is 14.0. The SMILES string of the molecule is CN(Cc1ccc(F)cc1)C(=O)c1ccnc(NN)c1F. The average Bonchev–Trinajstić information content (AvgIpc) is 2.49. The molecule has 0 spiro atoms. The molecule has 21 heavy (non-hydrogen) atoms. The van der Waals surface area contributed by atoms with Crippen LogP contribution in [0.3, 0.4) is 0 Å². The van der Waals surface area contributed by atoms with Gasteiger partial charge in [0.25, 0.3) is 5.91 Å². The highest BCUT2D eigenvalue weighted by molar-refractivity contribution is 5.95. The topological polar surface area (TPSA) is 71.2 Å². The molecule has 0 saturated heterocycles. The van der Waals surface area contributed by atoms with E-state index in [2.05, 4.69) is 10.4 Å². The molecule has 0 aliphatic heterocycles. The quantitative estimate of drug-likeness (QED) is 0.667. The molecule has 110 valence electrons. The monoisotopic (exact) mass is 292 g/mol. The molecule has 0 fully saturated rings. The van der Waals surface area contributed by atoms with Crippen LogP contribution in [0.5, 0.6) is 0 Å². The molecular weight excluding hydrogens is 278 g/mol. The number of carbonyl (C=O) groups is 1. The molecule has 0 saturated carbocycles. The highest BCUT2D eigenvalue weighted by Crippen LogP contribution is 2.16. The number of amides is 1. The van der Waals surface area contributed by atoms with Crippen LogP contribution in [-0.4, -0.2) is 22.8 Å². The van der Waals surface area contributed by atoms with Crippen LogP contribution in [-0.2, 0) is 6.54 Å². The lowest BCUT2D eigenvalue weighted by Crippen LogP contribution is -2.27. The Bertz CT molecular complexity index is 646. The molecule has 0 aliphatic rings. The lowest BCUT2D eigenvalue weighted by molar-refractivity contribution is 0.0780. The molecule has 0 unspecified atom stereocenters. The molecule has 2 aromatic rings. The minimum atomic E-state index is -0.809. The van der Waals surface area contributed by atoms with Crippen LogP contribution in [0, 0.1) is 11.6 Å². The predicted molar refractivity (Wildman–Crippen MR) is 74.2 cm³/mol. The van der Waals surface area contributed by atoms with E-state index in [0.717, 1.165) is 5.56 Å². The second kappa shape index (κ2) is 6.27. The lowest BCUT2D eigenvalue weighted by Gasteiger charge is -2.18. The summed E-state index contributed by atoms with van der Waals surface area (Å²) in [6.45, 7) is 0.228. The van der Waals surface area contributed by atoms with Gasteiger partial charge < -0.3 is 10.3 Å². The molecule has 0 atom stereocenters. The standard InChI is InChI=1S/C14H14F2N4O/c1-20(8-9-2-4-10(15)5-3-9)14(21)11-6-7-18-13(19-17)12(11)16/h2-7H,8,17H2,1H3,(H,18,19). The number of pyridine rings is 1. The first-order valence-electron chi connectivity index (χ1n) is 6.14. The van der Waals surface area contributed by atoms with Crippen molar-refractivity contribution in [3.8, 4) is 0 Å². The van der Waals surface area contributed by atoms with Gasteiger partial charge in [0.15, 0.2) is 11.6 Å². The summed E-state index contributed by atoms with van der Waals surface area (Å²) in [5.74, 6) is 3.24. The summed E-state index contributed by atoms with van der Waals surface area (Å²) in [5.41, 5.74) is 2.69. The number of carbonyl (C=O) groups excluding carboxylic acids is 1. The van der Waals surface area contributed by atoms with E-state index in [9.17, 15) is 13.6 Å². The largest absolute Gasteiger partial charge is 0.337 e. The van der Waals surface area contributed by atoms with E-state index in [0.29, 0.717) is 0 Å². The number of nitrogens with zero attached hydrogens (tertiary/aromatic N) is 2. The Balaban J connectivity index is 2.17. The molecule has 5 nitrogen and oxygen atoms in total. The van der Waals surface area contributed by atoms with Gasteiger partial charge in [0.2, 0.25) is 0 Å². The number of nitrogens with two attached hydrogens (primary N) is 1. The molecule has 7 heteroatoms. The number of aromatic nitrogens is 1. The van der Waals surface area contributed by atoms with Gasteiger partial charge >= 0.3 is 0 Å². The number of nitrogen functional groups attached to an aromatic ring is 1. The summed E-state index contributed by atoms with van der Waals surface area (Å²) < 4.78 is 26.8. The van der Waals surface area contributed by atoms with E-state index in [1.54, 1.807) is 12.1 Å². The molecule has 2 rings (SSSR count). The van der Waals surface area contributed by atoms with E-state index in [4.69, 9.17) is 5.84 Å². The van der Waals surface area contributed by atoms with Gasteiger partial charge in [-0.2, -0.15) is 0 Å². The fourth-order valence-electron chi connectivity index (χ4n) is 1.85. The fraction of sp³-hybridized carbons (Fsp3) is 0.143. The average molecular weight is 292 g/mol. The Hall–Kier alpha value is -2.54. The summed E-state index contributed by atoms with van der Waals surface area (Å²) in [5, 5.41) is 0. The highest BCUT2D eigenvalue weighted by Gasteiger charge is 2.19. The van der Waals surface area contributed by atoms with Gasteiger partial charge in [-0.3, -0.25) is 4.79 Å². The zero-order chi connectivity index (χ0) is 15.4. The number of halogens is 2. The van der Waals surface area contributed by atoms with E-state index in [1.165, 1.54) is 36.3 Å². The van der Waals surface area contributed by atoms with Crippen molar-refractivity contribution in [3.05, 3.63) is 59.3 Å². The fourth-order valence-corrected chi connectivity index (χ4v) is 1.85. The van der Waals surface area contributed by atoms with Crippen LogP contribution in [0.4, 0.5) is 14.6 Å². The number of benzene rings is 1. The summed E-state index contributed by atoms with van der Waals surface area (Å²) >= 11 is 0. The van der Waals surface area contributed by atoms with Crippen molar-refractivity contribution in [2.24, 2.45) is 5.84 Å². The Morgan fingerprint density at radius 1 is 1.29 bits per heavy atom. The highest BCUT2D eigenvalue weighted by atomic mass is 19.1. The first-order valence-corrected chi connectivity index (χ1v) is 6.14. The van der Waals surface area contributed by atoms with Crippen molar-refractivity contribution >= 4 is 11.7 Å². The van der Waals surface area contributed by atoms with Gasteiger partial charge in [-0.15, -0.1) is 0 Å². The van der Waals surface area contributed by atoms with Crippen LogP contribution in [0.2, 0.25) is 0 Å². The molecule has 1 amide bonds. The van der Waals surface area contributed by atoms with E-state index >= 15 is 0 Å². The Morgan fingerprint density at radius 3 is 2.57 bits per heavy atom. The molecule has 1 heterocycles. The Morgan fingerprint density at radius 2 is 1.95 bits per heavy atom. The third-order valence-electron chi connectivity index (χ3n) is 2.94. The van der Waals surface area contributed by atoms with Gasteiger partial charge in [-0.05, 0) is 23.8 Å². The normalized spacial score (nSPS) is 10.3. The maximum Gasteiger partial charge on any atom is 0.257 e. The van der Waals surface area contributed by atoms with Gasteiger partial charge in [0.1, 0.15) is 5.82 Å². The summed E-state index contributed by atoms with van der Waals surface area (Å²) in [6.07, 6.45) is 1.29. The predicted octanol–water partition coefficient (Wildman–Crippen LogP) is 1.92. The van der Waals surface area contributed by atoms with E-state index in [1.807, 2.05) is 0 Å². The van der Waals surface area contributed by atoms with Crippen molar-refractivity contribution in [1.29, 1.82) is 0 Å². The van der Waals surface area contributed by atoms with Gasteiger partial charge in [0, 0.05) is 19.8 Å². The Kier molecular flexibility index (Phi) is 4.44. The smallest absolute Gasteiger partial charge is 0.257 e. The number of anilines is 1. The molecule has 3 N–H and O–H groups in total. The summed E-state index contributed by atoms with van der Waals surface area (Å²) in [7, 11) is 1.53. The second-order valence-corrected chi connectivity index (χ2v) is 4.45. The first kappa shape index (κ1) is 14.9. The number of hydrogen-bond acceptors (Lipinski definition) is 4. The summed E-state index contributed by atoms with van der Waals surface area (Å²) in [4.78, 5) is 17.2. The molecule has 0 radical (unpaired) electrons. The van der Waals surface area contributed by atoms with Gasteiger partial charge in [-0.1, -0.05) is 12.1 Å². The maximum absolute atomic E-state index is 14.0. The van der Waals surface area contributed by atoms with Crippen molar-refractivity contribution in [1.82, 2.24) is 9.88 Å². The van der Waals surface area contributed by atoms with Crippen LogP contribution < -0.4 is 11.3 Å². The number of nitrogens with one attached hydrogen (secondary N) is 1. The van der Waals surface area contributed by atoms with Crippen LogP contribution in [0.15, 0.2) is 36.5 Å². The van der Waals surface area contributed by atoms with E-state index in [-0.39, 0.29) is 23.7 Å². The van der Waals surface area contributed by atoms with Crippen LogP contribution in [0.1, 0.15) is 15.9 Å². The summed E-state index contributed by atoms with van der Waals surface area (Å²) in [6, 6.07) is 7.01. The van der Waals surface area contributed by atoms with Crippen molar-refractivity contribution in [2.45, 2.75) is 6.54 Å². The second-order valence-electron chi connectivity index (χ2n) is 4.45. The molecular formula is C14H14F2N4O. The van der Waals surface area contributed by atoms with Crippen molar-refractivity contribution in [3.63, 3.8) is 0 Å². The molecule has 1 aromatic heterocycles. The zero-order valence-corrected chi connectivity index (χ0v) is 11.3. The van der Waals surface area contributed by atoms with Crippen molar-refractivity contribution < 1.29 is 13.6 Å². The third-order valence-corrected chi connectivity index (χ3v) is 2.94. The number of hydrogen-bond donors (Lipinski definition) is 2. The molecule has 0 bridgehead atoms. The van der Waals surface area contributed by atoms with Crippen molar-refractivity contribution in [2.75, 3.05) is 12.5 Å². The van der Waals surface area contributed by atoms with Crippen LogP contribution >= 0.6 is 0 Å². The minimum absolute atomic E-state index is 0.137.